The second-order valence-electron chi connectivity index (χ2n) is 11.5. The Kier molecular flexibility index (Phi) is 12.0. The van der Waals surface area contributed by atoms with Crippen molar-refractivity contribution in [1.29, 1.82) is 0 Å². The van der Waals surface area contributed by atoms with E-state index >= 15 is 0 Å². The van der Waals surface area contributed by atoms with Crippen LogP contribution in [0.25, 0.3) is 0 Å². The number of nitrogens with zero attached hydrogens (tertiary/aromatic N) is 3. The van der Waals surface area contributed by atoms with Crippen molar-refractivity contribution in [3.05, 3.63) is 37.4 Å². The number of hydrogen-bond donors (Lipinski definition) is 5. The average molecular weight is 798 g/mol. The summed E-state index contributed by atoms with van der Waals surface area (Å²) in [5.41, 5.74) is -0.178. The van der Waals surface area contributed by atoms with Crippen LogP contribution in [0, 0.1) is 13.1 Å². The van der Waals surface area contributed by atoms with Crippen molar-refractivity contribution < 1.29 is 24.1 Å². The maximum absolute atomic E-state index is 13.0. The summed E-state index contributed by atoms with van der Waals surface area (Å²) in [6.07, 6.45) is 2.52. The molecule has 10 nitrogen and oxygen atoms in total. The topological polar surface area (TPSA) is 124 Å². The number of nitrogens with one attached hydrogen (secondary N) is 3. The molecule has 41 heavy (non-hydrogen) atoms. The molecule has 0 radical (unpaired) electrons. The maximum Gasteiger partial charge on any atom is 0.215 e. The lowest BCUT2D eigenvalue weighted by Crippen LogP contribution is -2.50. The van der Waals surface area contributed by atoms with E-state index in [9.17, 15) is 14.6 Å². The van der Waals surface area contributed by atoms with E-state index in [0.29, 0.717) is 18.7 Å². The number of aliphatic hydroxyl groups is 2. The normalized spacial score (nSPS) is 29.0. The van der Waals surface area contributed by atoms with Gasteiger partial charge in [-0.05, 0) is 103 Å². The first-order valence-corrected chi connectivity index (χ1v) is 16.2. The van der Waals surface area contributed by atoms with Gasteiger partial charge in [0.15, 0.2) is 0 Å². The van der Waals surface area contributed by atoms with Crippen LogP contribution in [0.3, 0.4) is 0 Å². The van der Waals surface area contributed by atoms with Crippen molar-refractivity contribution in [2.24, 2.45) is 0 Å². The summed E-state index contributed by atoms with van der Waals surface area (Å²) >= 11 is 4.37. The minimum atomic E-state index is -0.479. The van der Waals surface area contributed by atoms with E-state index in [0.717, 1.165) is 80.7 Å². The zero-order valence-electron chi connectivity index (χ0n) is 23.6. The summed E-state index contributed by atoms with van der Waals surface area (Å²) in [5, 5.41) is 28.5. The number of morpholine rings is 2. The predicted octanol–water partition coefficient (Wildman–Crippen LogP) is 3.60. The molecule has 2 aromatic rings. The second kappa shape index (κ2) is 15.1. The summed E-state index contributed by atoms with van der Waals surface area (Å²) in [6.45, 7) is 11.3. The smallest absolute Gasteiger partial charge is 0.215 e. The largest absolute Gasteiger partial charge is 0.393 e. The third-order valence-electron chi connectivity index (χ3n) is 7.32. The van der Waals surface area contributed by atoms with Gasteiger partial charge in [-0.2, -0.15) is 4.39 Å². The number of aliphatic hydroxyl groups excluding tert-OH is 2. The van der Waals surface area contributed by atoms with Crippen LogP contribution in [0.1, 0.15) is 39.5 Å². The van der Waals surface area contributed by atoms with Gasteiger partial charge in [-0.1, -0.05) is 0 Å². The number of rotatable bonds is 5. The maximum atomic E-state index is 13.0. The Bertz CT molecular complexity index is 1090. The monoisotopic (exact) mass is 798 g/mol. The van der Waals surface area contributed by atoms with E-state index in [1.807, 2.05) is 29.5 Å². The van der Waals surface area contributed by atoms with Crippen molar-refractivity contribution in [2.45, 2.75) is 62.8 Å². The fraction of sp³-hybridized carbons (Fsp3) is 0.643. The lowest BCUT2D eigenvalue weighted by atomic mass is 9.76. The van der Waals surface area contributed by atoms with Gasteiger partial charge in [-0.15, -0.1) is 0 Å². The predicted molar refractivity (Wildman–Crippen MR) is 175 cm³/mol. The Morgan fingerprint density at radius 2 is 1.32 bits per heavy atom. The molecule has 0 spiro atoms. The molecule has 2 aromatic heterocycles. The molecule has 0 bridgehead atoms. The zero-order valence-corrected chi connectivity index (χ0v) is 28.0. The molecule has 13 heteroatoms. The van der Waals surface area contributed by atoms with E-state index < -0.39 is 5.95 Å². The molecule has 5 N–H and O–H groups in total. The van der Waals surface area contributed by atoms with E-state index in [1.54, 1.807) is 6.07 Å². The third kappa shape index (κ3) is 10.5. The molecule has 4 heterocycles. The number of aromatic nitrogens is 2. The first kappa shape index (κ1) is 32.8. The number of ether oxygens (including phenoxy) is 2. The van der Waals surface area contributed by atoms with Gasteiger partial charge >= 0.3 is 0 Å². The molecular formula is C28H41FI2N6O4. The van der Waals surface area contributed by atoms with Gasteiger partial charge in [-0.3, -0.25) is 0 Å². The fourth-order valence-corrected chi connectivity index (χ4v) is 6.46. The van der Waals surface area contributed by atoms with Crippen LogP contribution >= 0.6 is 45.2 Å². The molecule has 2 saturated heterocycles. The Labute approximate surface area is 268 Å². The molecule has 0 amide bonds. The van der Waals surface area contributed by atoms with Crippen LogP contribution in [0.5, 0.6) is 0 Å². The van der Waals surface area contributed by atoms with Crippen LogP contribution in [0.4, 0.5) is 21.8 Å². The fourth-order valence-electron chi connectivity index (χ4n) is 5.33. The summed E-state index contributed by atoms with van der Waals surface area (Å²) in [7, 11) is 0. The Hall–Kier alpha value is -1.11. The van der Waals surface area contributed by atoms with Gasteiger partial charge in [0.05, 0.1) is 38.6 Å². The molecule has 2 aliphatic heterocycles. The first-order chi connectivity index (χ1) is 19.5. The SMILES string of the molecule is C1COCCN1.CC1(Nc2cc(I)cc(F)n2)CC(O)C1.CC1(Nc2cc(I)cc(N3CCOCC3)n2)CC(O)C1. The number of halogens is 3. The molecule has 228 valence electrons. The van der Waals surface area contributed by atoms with Crippen molar-refractivity contribution in [3.63, 3.8) is 0 Å². The van der Waals surface area contributed by atoms with Crippen LogP contribution in [0.2, 0.25) is 0 Å². The van der Waals surface area contributed by atoms with E-state index in [2.05, 4.69) is 67.5 Å². The van der Waals surface area contributed by atoms with Crippen molar-refractivity contribution in [2.75, 3.05) is 68.1 Å². The molecule has 0 atom stereocenters. The van der Waals surface area contributed by atoms with Crippen molar-refractivity contribution in [1.82, 2.24) is 15.3 Å². The zero-order chi connectivity index (χ0) is 29.5. The highest BCUT2D eigenvalue weighted by molar-refractivity contribution is 14.1. The van der Waals surface area contributed by atoms with Gasteiger partial charge in [0.1, 0.15) is 17.5 Å². The Morgan fingerprint density at radius 1 is 0.829 bits per heavy atom. The molecule has 0 unspecified atom stereocenters. The highest BCUT2D eigenvalue weighted by Crippen LogP contribution is 2.36. The summed E-state index contributed by atoms with van der Waals surface area (Å²) in [4.78, 5) is 10.7. The summed E-state index contributed by atoms with van der Waals surface area (Å²) in [5.74, 6) is 1.96. The summed E-state index contributed by atoms with van der Waals surface area (Å²) < 4.78 is 25.4. The molecule has 4 fully saturated rings. The Morgan fingerprint density at radius 3 is 1.76 bits per heavy atom. The first-order valence-electron chi connectivity index (χ1n) is 14.1. The van der Waals surface area contributed by atoms with Gasteiger partial charge in [0, 0.05) is 50.5 Å². The van der Waals surface area contributed by atoms with Crippen molar-refractivity contribution in [3.8, 4) is 0 Å². The molecular weight excluding hydrogens is 757 g/mol. The second-order valence-corrected chi connectivity index (χ2v) is 14.0. The highest BCUT2D eigenvalue weighted by Gasteiger charge is 2.40. The molecule has 2 saturated carbocycles. The molecule has 0 aromatic carbocycles. The van der Waals surface area contributed by atoms with Crippen LogP contribution < -0.4 is 20.9 Å². The number of hydrogen-bond acceptors (Lipinski definition) is 10. The molecule has 4 aliphatic rings. The quantitative estimate of drug-likeness (QED) is 0.227. The lowest BCUT2D eigenvalue weighted by Gasteiger charge is -2.43. The standard InChI is InChI=1S/C14H20IN3O2.C10H12FIN2O.C4H9NO/c1-14(8-11(19)9-14)17-12-6-10(15)7-13(16-12)18-2-4-20-5-3-18;1-10(4-7(15)5-10)14-9-3-6(12)2-8(11)13-9;1-3-6-4-2-5-1/h6-7,11,19H,2-5,8-9H2,1H3,(H,16,17);2-3,7,15H,4-5H2,1H3,(H,13,14);5H,1-4H2. The van der Waals surface area contributed by atoms with Gasteiger partial charge in [0.2, 0.25) is 5.95 Å². The van der Waals surface area contributed by atoms with Gasteiger partial charge in [-0.25, -0.2) is 9.97 Å². The third-order valence-corrected chi connectivity index (χ3v) is 8.57. The van der Waals surface area contributed by atoms with Gasteiger partial charge < -0.3 is 40.5 Å². The van der Waals surface area contributed by atoms with Crippen LogP contribution in [-0.2, 0) is 9.47 Å². The molecule has 2 aliphatic carbocycles. The number of anilines is 3. The van der Waals surface area contributed by atoms with Gasteiger partial charge in [0.25, 0.3) is 0 Å². The van der Waals surface area contributed by atoms with Crippen LogP contribution in [-0.4, -0.2) is 96.1 Å². The summed E-state index contributed by atoms with van der Waals surface area (Å²) in [6, 6.07) is 7.33. The Balaban J connectivity index is 0.000000161. The average Bonchev–Trinajstić information content (AvgIpc) is 2.88. The number of pyridine rings is 2. The van der Waals surface area contributed by atoms with E-state index in [1.165, 1.54) is 9.64 Å². The highest BCUT2D eigenvalue weighted by atomic mass is 127. The van der Waals surface area contributed by atoms with E-state index in [4.69, 9.17) is 14.5 Å². The minimum Gasteiger partial charge on any atom is -0.393 e. The minimum absolute atomic E-state index is 0.0286. The van der Waals surface area contributed by atoms with Crippen molar-refractivity contribution >= 4 is 62.6 Å². The van der Waals surface area contributed by atoms with Crippen LogP contribution in [0.15, 0.2) is 24.3 Å². The van der Waals surface area contributed by atoms with E-state index in [-0.39, 0.29) is 23.3 Å². The molecule has 6 rings (SSSR count). The lowest BCUT2D eigenvalue weighted by molar-refractivity contribution is 0.0416.